The van der Waals surface area contributed by atoms with E-state index in [0.29, 0.717) is 0 Å². The van der Waals surface area contributed by atoms with Crippen LogP contribution in [0.1, 0.15) is 66.2 Å². The number of hydrogen-bond donors (Lipinski definition) is 0. The van der Waals surface area contributed by atoms with E-state index in [2.05, 4.69) is 26.8 Å². The summed E-state index contributed by atoms with van der Waals surface area (Å²) in [6.07, 6.45) is 9.81. The summed E-state index contributed by atoms with van der Waals surface area (Å²) in [4.78, 5) is 12.3. The van der Waals surface area contributed by atoms with Gasteiger partial charge < -0.3 is 0 Å². The van der Waals surface area contributed by atoms with Gasteiger partial charge in [-0.15, -0.1) is 0 Å². The number of carbonyl (C=O) groups is 1. The van der Waals surface area contributed by atoms with Crippen LogP contribution in [0.15, 0.2) is 9.67 Å². The first-order valence-corrected chi connectivity index (χ1v) is 16.0. The van der Waals surface area contributed by atoms with Gasteiger partial charge in [-0.25, -0.2) is 0 Å². The van der Waals surface area contributed by atoms with E-state index in [1.54, 1.807) is 0 Å². The molecule has 0 aromatic heterocycles. The van der Waals surface area contributed by atoms with Crippen LogP contribution < -0.4 is 0 Å². The van der Waals surface area contributed by atoms with Crippen molar-refractivity contribution in [3.8, 4) is 0 Å². The van der Waals surface area contributed by atoms with Gasteiger partial charge in [0.05, 0.1) is 0 Å². The van der Waals surface area contributed by atoms with Gasteiger partial charge in [0.1, 0.15) is 0 Å². The SMILES string of the molecule is CCC[CH2][Sn]([CH2]CCC)([CH2]CCC)[C]1=CC(C)OC1=O. The van der Waals surface area contributed by atoms with Gasteiger partial charge in [-0.05, 0) is 0 Å². The van der Waals surface area contributed by atoms with Crippen LogP contribution in [0.4, 0.5) is 0 Å². The van der Waals surface area contributed by atoms with E-state index in [0.717, 1.165) is 0 Å². The Morgan fingerprint density at radius 2 is 1.45 bits per heavy atom. The van der Waals surface area contributed by atoms with E-state index in [-0.39, 0.29) is 12.1 Å². The van der Waals surface area contributed by atoms with Crippen molar-refractivity contribution in [2.75, 3.05) is 0 Å². The zero-order valence-corrected chi connectivity index (χ0v) is 16.7. The molecule has 0 aromatic rings. The molecule has 1 heterocycles. The molecule has 1 aliphatic rings. The summed E-state index contributed by atoms with van der Waals surface area (Å²) in [5, 5.41) is 0. The minimum absolute atomic E-state index is 0.0125. The van der Waals surface area contributed by atoms with Crippen LogP contribution in [-0.4, -0.2) is 30.5 Å². The Kier molecular flexibility index (Phi) is 8.23. The Hall–Kier alpha value is 0.00870. The number of ether oxygens (including phenoxy) is 1. The molecule has 0 aromatic carbocycles. The van der Waals surface area contributed by atoms with Crippen molar-refractivity contribution in [3.63, 3.8) is 0 Å². The van der Waals surface area contributed by atoms with Gasteiger partial charge >= 0.3 is 129 Å². The minimum atomic E-state index is -2.52. The summed E-state index contributed by atoms with van der Waals surface area (Å²) in [5.41, 5.74) is 0. The third-order valence-electron chi connectivity index (χ3n) is 4.51. The maximum atomic E-state index is 12.3. The van der Waals surface area contributed by atoms with Gasteiger partial charge in [-0.1, -0.05) is 0 Å². The van der Waals surface area contributed by atoms with Gasteiger partial charge in [-0.3, -0.25) is 0 Å². The molecule has 0 N–H and O–H groups in total. The van der Waals surface area contributed by atoms with Crippen molar-refractivity contribution < 1.29 is 9.53 Å². The molecule has 1 rings (SSSR count). The summed E-state index contributed by atoms with van der Waals surface area (Å²) in [5.74, 6) is 0.0385. The van der Waals surface area contributed by atoms with Crippen molar-refractivity contribution in [2.45, 2.75) is 85.6 Å². The number of hydrogen-bond acceptors (Lipinski definition) is 2. The molecule has 116 valence electrons. The molecule has 2 nitrogen and oxygen atoms in total. The molecule has 0 amide bonds. The third-order valence-corrected chi connectivity index (χ3v) is 20.1. The quantitative estimate of drug-likeness (QED) is 0.378. The average Bonchev–Trinajstić information content (AvgIpc) is 2.78. The predicted octanol–water partition coefficient (Wildman–Crippen LogP) is 5.25. The molecule has 1 aliphatic heterocycles. The predicted molar refractivity (Wildman–Crippen MR) is 88.5 cm³/mol. The van der Waals surface area contributed by atoms with Crippen LogP contribution in [0.2, 0.25) is 13.3 Å². The van der Waals surface area contributed by atoms with Crippen molar-refractivity contribution >= 4 is 24.3 Å². The molecule has 0 radical (unpaired) electrons. The maximum absolute atomic E-state index is 12.3. The van der Waals surface area contributed by atoms with Gasteiger partial charge in [-0.2, -0.15) is 0 Å². The van der Waals surface area contributed by atoms with Crippen LogP contribution >= 0.6 is 0 Å². The molecule has 0 saturated heterocycles. The van der Waals surface area contributed by atoms with Gasteiger partial charge in [0.2, 0.25) is 0 Å². The fourth-order valence-electron chi connectivity index (χ4n) is 3.29. The van der Waals surface area contributed by atoms with Crippen molar-refractivity contribution in [1.29, 1.82) is 0 Å². The van der Waals surface area contributed by atoms with E-state index in [1.807, 2.05) is 6.92 Å². The van der Waals surface area contributed by atoms with E-state index in [4.69, 9.17) is 4.74 Å². The van der Waals surface area contributed by atoms with E-state index in [1.165, 1.54) is 55.4 Å². The fraction of sp³-hybridized carbons (Fsp3) is 0.824. The molecule has 0 aliphatic carbocycles. The van der Waals surface area contributed by atoms with Crippen LogP contribution in [0.3, 0.4) is 0 Å². The standard InChI is InChI=1S/C5H5O2.3C4H9.Sn/c1-4-2-3-5(6)7-4;3*1-3-4-2;/h2,4H,1H3;3*1,3-4H2,2H3;. The Morgan fingerprint density at radius 3 is 1.75 bits per heavy atom. The first-order valence-electron chi connectivity index (χ1n) is 8.53. The normalized spacial score (nSPS) is 19.1. The first-order chi connectivity index (χ1) is 9.59. The number of esters is 1. The van der Waals surface area contributed by atoms with Gasteiger partial charge in [0.15, 0.2) is 0 Å². The molecular weight excluding hydrogens is 355 g/mol. The Bertz CT molecular complexity index is 314. The van der Waals surface area contributed by atoms with E-state index >= 15 is 0 Å². The second-order valence-electron chi connectivity index (χ2n) is 6.28. The second-order valence-corrected chi connectivity index (χ2v) is 19.4. The molecule has 3 heteroatoms. The van der Waals surface area contributed by atoms with Crippen molar-refractivity contribution in [3.05, 3.63) is 9.67 Å². The summed E-state index contributed by atoms with van der Waals surface area (Å²) >= 11 is -2.52. The van der Waals surface area contributed by atoms with Crippen LogP contribution in [-0.2, 0) is 9.53 Å². The zero-order chi connectivity index (χ0) is 15.0. The molecule has 0 saturated carbocycles. The summed E-state index contributed by atoms with van der Waals surface area (Å²) < 4.78 is 10.7. The molecule has 0 bridgehead atoms. The Labute approximate surface area is 129 Å². The van der Waals surface area contributed by atoms with Crippen LogP contribution in [0.5, 0.6) is 0 Å². The third kappa shape index (κ3) is 4.78. The van der Waals surface area contributed by atoms with Crippen LogP contribution in [0.25, 0.3) is 0 Å². The van der Waals surface area contributed by atoms with Gasteiger partial charge in [0, 0.05) is 0 Å². The Balaban J connectivity index is 2.99. The number of cyclic esters (lactones) is 1. The summed E-state index contributed by atoms with van der Waals surface area (Å²) in [6.45, 7) is 8.79. The van der Waals surface area contributed by atoms with Crippen molar-refractivity contribution in [1.82, 2.24) is 0 Å². The molecule has 1 atom stereocenters. The molecule has 20 heavy (non-hydrogen) atoms. The van der Waals surface area contributed by atoms with Crippen molar-refractivity contribution in [2.24, 2.45) is 0 Å². The molecule has 0 fully saturated rings. The monoisotopic (exact) mass is 388 g/mol. The average molecular weight is 387 g/mol. The summed E-state index contributed by atoms with van der Waals surface area (Å²) in [6, 6.07) is 0. The molecular formula is C17H32O2Sn. The topological polar surface area (TPSA) is 26.3 Å². The summed E-state index contributed by atoms with van der Waals surface area (Å²) in [7, 11) is 0. The molecule has 1 unspecified atom stereocenters. The number of unbranched alkanes of at least 4 members (excludes halogenated alkanes) is 3. The zero-order valence-electron chi connectivity index (χ0n) is 13.8. The fourth-order valence-corrected chi connectivity index (χ4v) is 19.6. The van der Waals surface area contributed by atoms with E-state index < -0.39 is 18.4 Å². The number of carbonyl (C=O) groups excluding carboxylic acids is 1. The first kappa shape index (κ1) is 18.1. The number of rotatable bonds is 10. The van der Waals surface area contributed by atoms with Gasteiger partial charge in [0.25, 0.3) is 0 Å². The van der Waals surface area contributed by atoms with E-state index in [9.17, 15) is 4.79 Å². The second kappa shape index (κ2) is 9.11. The Morgan fingerprint density at radius 1 is 1.00 bits per heavy atom. The van der Waals surface area contributed by atoms with Crippen LogP contribution in [0, 0.1) is 0 Å². The molecule has 0 spiro atoms.